The van der Waals surface area contributed by atoms with Crippen molar-refractivity contribution >= 4 is 17.6 Å². The Hall–Kier alpha value is -2.04. The van der Waals surface area contributed by atoms with Crippen LogP contribution in [-0.2, 0) is 9.53 Å². The van der Waals surface area contributed by atoms with Crippen LogP contribution >= 0.6 is 0 Å². The van der Waals surface area contributed by atoms with Gasteiger partial charge < -0.3 is 15.4 Å². The molecule has 0 heterocycles. The topological polar surface area (TPSA) is 72.6 Å². The fourth-order valence-corrected chi connectivity index (χ4v) is 1.37. The number of likely N-dealkylation sites (N-methyl/N-ethyl adjacent to an activating group) is 1. The van der Waals surface area contributed by atoms with Crippen LogP contribution in [0.3, 0.4) is 0 Å². The van der Waals surface area contributed by atoms with E-state index in [2.05, 4.69) is 0 Å². The molecule has 0 aliphatic carbocycles. The predicted octanol–water partition coefficient (Wildman–Crippen LogP) is 0.904. The number of nitrogens with zero attached hydrogens (tertiary/aromatic N) is 1. The van der Waals surface area contributed by atoms with Gasteiger partial charge in [-0.2, -0.15) is 0 Å². The quantitative estimate of drug-likeness (QED) is 0.622. The summed E-state index contributed by atoms with van der Waals surface area (Å²) in [6.45, 7) is 1.93. The number of ether oxygens (including phenoxy) is 1. The summed E-state index contributed by atoms with van der Waals surface area (Å²) in [6, 6.07) is 6.74. The van der Waals surface area contributed by atoms with Crippen molar-refractivity contribution < 1.29 is 14.3 Å². The zero-order chi connectivity index (χ0) is 12.8. The van der Waals surface area contributed by atoms with Crippen molar-refractivity contribution in [2.45, 2.75) is 6.92 Å². The molecule has 1 amide bonds. The van der Waals surface area contributed by atoms with E-state index >= 15 is 0 Å². The Bertz CT molecular complexity index is 418. The van der Waals surface area contributed by atoms with Crippen molar-refractivity contribution in [1.82, 2.24) is 4.90 Å². The minimum absolute atomic E-state index is 0.0823. The predicted molar refractivity (Wildman–Crippen MR) is 64.4 cm³/mol. The smallest absolute Gasteiger partial charge is 0.325 e. The Kier molecular flexibility index (Phi) is 4.51. The molecule has 5 nitrogen and oxygen atoms in total. The van der Waals surface area contributed by atoms with E-state index in [4.69, 9.17) is 10.5 Å². The van der Waals surface area contributed by atoms with Gasteiger partial charge in [0.1, 0.15) is 6.54 Å². The van der Waals surface area contributed by atoms with Crippen LogP contribution in [0.25, 0.3) is 0 Å². The molecule has 92 valence electrons. The summed E-state index contributed by atoms with van der Waals surface area (Å²) < 4.78 is 4.76. The van der Waals surface area contributed by atoms with Gasteiger partial charge >= 0.3 is 5.97 Å². The van der Waals surface area contributed by atoms with Crippen LogP contribution in [-0.4, -0.2) is 37.0 Å². The zero-order valence-corrected chi connectivity index (χ0v) is 9.97. The molecule has 1 rings (SSSR count). The molecule has 0 aliphatic heterocycles. The van der Waals surface area contributed by atoms with Crippen LogP contribution in [0, 0.1) is 0 Å². The van der Waals surface area contributed by atoms with Crippen LogP contribution in [0.4, 0.5) is 5.69 Å². The molecular formula is C12H16N2O3. The molecule has 0 aliphatic rings. The van der Waals surface area contributed by atoms with Crippen molar-refractivity contribution in [2.75, 3.05) is 25.9 Å². The highest BCUT2D eigenvalue weighted by Crippen LogP contribution is 2.12. The third-order valence-corrected chi connectivity index (χ3v) is 2.21. The number of benzene rings is 1. The van der Waals surface area contributed by atoms with Crippen LogP contribution < -0.4 is 5.73 Å². The first kappa shape index (κ1) is 13.0. The van der Waals surface area contributed by atoms with Crippen molar-refractivity contribution in [3.05, 3.63) is 29.8 Å². The molecule has 0 atom stereocenters. The van der Waals surface area contributed by atoms with Crippen molar-refractivity contribution in [2.24, 2.45) is 0 Å². The number of hydrogen-bond donors (Lipinski definition) is 1. The normalized spacial score (nSPS) is 9.76. The standard InChI is InChI=1S/C12H16N2O3/c1-3-17-11(15)8-14(2)12(16)9-6-4-5-7-10(9)13/h4-7H,3,8,13H2,1-2H3. The number of rotatable bonds is 4. The second-order valence-electron chi connectivity index (χ2n) is 3.55. The SMILES string of the molecule is CCOC(=O)CN(C)C(=O)c1ccccc1N. The van der Waals surface area contributed by atoms with Crippen LogP contribution in [0.1, 0.15) is 17.3 Å². The third kappa shape index (κ3) is 3.48. The summed E-state index contributed by atoms with van der Waals surface area (Å²) in [7, 11) is 1.53. The summed E-state index contributed by atoms with van der Waals surface area (Å²) in [5.41, 5.74) is 6.47. The number of carbonyl (C=O) groups is 2. The van der Waals surface area contributed by atoms with Gasteiger partial charge in [0.2, 0.25) is 0 Å². The van der Waals surface area contributed by atoms with Crippen molar-refractivity contribution in [3.63, 3.8) is 0 Å². The van der Waals surface area contributed by atoms with E-state index in [1.54, 1.807) is 31.2 Å². The van der Waals surface area contributed by atoms with Gasteiger partial charge in [-0.3, -0.25) is 9.59 Å². The maximum Gasteiger partial charge on any atom is 0.325 e. The number of carbonyl (C=O) groups excluding carboxylic acids is 2. The molecule has 1 aromatic rings. The van der Waals surface area contributed by atoms with Gasteiger partial charge in [-0.1, -0.05) is 12.1 Å². The summed E-state index contributed by atoms with van der Waals surface area (Å²) >= 11 is 0. The van der Waals surface area contributed by atoms with Gasteiger partial charge in [0, 0.05) is 12.7 Å². The number of nitrogen functional groups attached to an aromatic ring is 1. The molecule has 0 unspecified atom stereocenters. The summed E-state index contributed by atoms with van der Waals surface area (Å²) in [4.78, 5) is 24.5. The number of esters is 1. The number of anilines is 1. The van der Waals surface area contributed by atoms with Crippen LogP contribution in [0.15, 0.2) is 24.3 Å². The lowest BCUT2D eigenvalue weighted by molar-refractivity contribution is -0.143. The molecule has 2 N–H and O–H groups in total. The minimum Gasteiger partial charge on any atom is -0.465 e. The van der Waals surface area contributed by atoms with Crippen LogP contribution in [0.5, 0.6) is 0 Å². The molecular weight excluding hydrogens is 220 g/mol. The zero-order valence-electron chi connectivity index (χ0n) is 9.97. The third-order valence-electron chi connectivity index (χ3n) is 2.21. The van der Waals surface area contributed by atoms with Gasteiger partial charge in [-0.05, 0) is 19.1 Å². The van der Waals surface area contributed by atoms with E-state index in [9.17, 15) is 9.59 Å². The monoisotopic (exact) mass is 236 g/mol. The first-order valence-corrected chi connectivity index (χ1v) is 5.31. The van der Waals surface area contributed by atoms with Gasteiger partial charge in [-0.15, -0.1) is 0 Å². The molecule has 5 heteroatoms. The fraction of sp³-hybridized carbons (Fsp3) is 0.333. The van der Waals surface area contributed by atoms with Gasteiger partial charge in [0.05, 0.1) is 12.2 Å². The first-order chi connectivity index (χ1) is 8.06. The maximum atomic E-state index is 11.9. The molecule has 0 fully saturated rings. The molecule has 0 spiro atoms. The van der Waals surface area contributed by atoms with Gasteiger partial charge in [0.15, 0.2) is 0 Å². The summed E-state index contributed by atoms with van der Waals surface area (Å²) in [5.74, 6) is -0.728. The van der Waals surface area contributed by atoms with E-state index in [-0.39, 0.29) is 12.5 Å². The first-order valence-electron chi connectivity index (χ1n) is 5.31. The largest absolute Gasteiger partial charge is 0.465 e. The number of para-hydroxylation sites is 1. The number of hydrogen-bond acceptors (Lipinski definition) is 4. The Balaban J connectivity index is 2.70. The molecule has 1 aromatic carbocycles. The van der Waals surface area contributed by atoms with E-state index in [0.29, 0.717) is 17.9 Å². The Labute approximate surface area is 100 Å². The minimum atomic E-state index is -0.433. The number of amides is 1. The summed E-state index contributed by atoms with van der Waals surface area (Å²) in [6.07, 6.45) is 0. The highest BCUT2D eigenvalue weighted by Gasteiger charge is 2.17. The Morgan fingerprint density at radius 2 is 2.00 bits per heavy atom. The summed E-state index contributed by atoms with van der Waals surface area (Å²) in [5, 5.41) is 0. The van der Waals surface area contributed by atoms with Crippen molar-refractivity contribution in [3.8, 4) is 0 Å². The Morgan fingerprint density at radius 1 is 1.35 bits per heavy atom. The van der Waals surface area contributed by atoms with Gasteiger partial charge in [-0.25, -0.2) is 0 Å². The molecule has 0 aromatic heterocycles. The highest BCUT2D eigenvalue weighted by molar-refractivity contribution is 6.00. The average molecular weight is 236 g/mol. The molecule has 0 radical (unpaired) electrons. The van der Waals surface area contributed by atoms with Gasteiger partial charge in [0.25, 0.3) is 5.91 Å². The van der Waals surface area contributed by atoms with E-state index in [1.165, 1.54) is 11.9 Å². The molecule has 0 saturated carbocycles. The highest BCUT2D eigenvalue weighted by atomic mass is 16.5. The molecule has 17 heavy (non-hydrogen) atoms. The maximum absolute atomic E-state index is 11.9. The molecule has 0 bridgehead atoms. The van der Waals surface area contributed by atoms with Crippen molar-refractivity contribution in [1.29, 1.82) is 0 Å². The molecule has 0 saturated heterocycles. The lowest BCUT2D eigenvalue weighted by atomic mass is 10.1. The van der Waals surface area contributed by atoms with Crippen LogP contribution in [0.2, 0.25) is 0 Å². The Morgan fingerprint density at radius 3 is 2.59 bits per heavy atom. The van der Waals surface area contributed by atoms with E-state index in [1.807, 2.05) is 0 Å². The van der Waals surface area contributed by atoms with E-state index < -0.39 is 5.97 Å². The average Bonchev–Trinajstić information content (AvgIpc) is 2.29. The second-order valence-corrected chi connectivity index (χ2v) is 3.55. The fourth-order valence-electron chi connectivity index (χ4n) is 1.37. The van der Waals surface area contributed by atoms with E-state index in [0.717, 1.165) is 0 Å². The lowest BCUT2D eigenvalue weighted by Crippen LogP contribution is -2.33. The number of nitrogens with two attached hydrogens (primary N) is 1. The second kappa shape index (κ2) is 5.89. The lowest BCUT2D eigenvalue weighted by Gasteiger charge is -2.16.